The largest absolute Gasteiger partial charge is 0.497 e. The van der Waals surface area contributed by atoms with Crippen LogP contribution in [0.1, 0.15) is 38.2 Å². The molecule has 1 aliphatic heterocycles. The molecule has 4 heteroatoms. The molecule has 1 aliphatic rings. The lowest BCUT2D eigenvalue weighted by Crippen LogP contribution is -2.17. The van der Waals surface area contributed by atoms with Gasteiger partial charge in [-0.3, -0.25) is 0 Å². The van der Waals surface area contributed by atoms with E-state index in [0.717, 1.165) is 17.2 Å². The highest BCUT2D eigenvalue weighted by molar-refractivity contribution is 5.79. The molecule has 0 N–H and O–H groups in total. The van der Waals surface area contributed by atoms with E-state index in [0.29, 0.717) is 19.4 Å². The molecular weight excluding hydrogens is 252 g/mol. The molecule has 1 atom stereocenters. The fourth-order valence-corrected chi connectivity index (χ4v) is 2.27. The Morgan fingerprint density at radius 1 is 1.40 bits per heavy atom. The molecule has 2 rings (SSSR count). The summed E-state index contributed by atoms with van der Waals surface area (Å²) in [7, 11) is 1.64. The Morgan fingerprint density at radius 2 is 2.10 bits per heavy atom. The summed E-state index contributed by atoms with van der Waals surface area (Å²) >= 11 is 0. The Labute approximate surface area is 120 Å². The van der Waals surface area contributed by atoms with Crippen LogP contribution in [-0.4, -0.2) is 25.2 Å². The topological polar surface area (TPSA) is 54.6 Å². The number of hydrogen-bond donors (Lipinski definition) is 0. The van der Waals surface area contributed by atoms with E-state index in [2.05, 4.69) is 11.1 Å². The molecule has 1 aromatic carbocycles. The van der Waals surface area contributed by atoms with Crippen LogP contribution in [0.15, 0.2) is 29.3 Å². The first-order chi connectivity index (χ1) is 9.54. The number of nitriles is 1. The molecule has 0 aliphatic carbocycles. The molecule has 1 heterocycles. The zero-order valence-corrected chi connectivity index (χ0v) is 12.2. The van der Waals surface area contributed by atoms with Crippen molar-refractivity contribution in [2.45, 2.75) is 38.1 Å². The van der Waals surface area contributed by atoms with Crippen LogP contribution in [0.3, 0.4) is 0 Å². The average Bonchev–Trinajstić information content (AvgIpc) is 2.78. The maximum absolute atomic E-state index is 9.02. The summed E-state index contributed by atoms with van der Waals surface area (Å²) in [5, 5.41) is 9.02. The van der Waals surface area contributed by atoms with Crippen molar-refractivity contribution in [3.05, 3.63) is 29.8 Å². The summed E-state index contributed by atoms with van der Waals surface area (Å²) in [6, 6.07) is 10.1. The first-order valence-electron chi connectivity index (χ1n) is 6.76. The van der Waals surface area contributed by atoms with E-state index >= 15 is 0 Å². The maximum atomic E-state index is 9.02. The molecule has 20 heavy (non-hydrogen) atoms. The molecule has 0 radical (unpaired) electrons. The van der Waals surface area contributed by atoms with Crippen LogP contribution in [0.25, 0.3) is 0 Å². The van der Waals surface area contributed by atoms with Gasteiger partial charge in [-0.05, 0) is 31.5 Å². The van der Waals surface area contributed by atoms with Crippen LogP contribution < -0.4 is 4.74 Å². The number of methoxy groups -OCH3 is 1. The lowest BCUT2D eigenvalue weighted by Gasteiger charge is -2.14. The Bertz CT molecular complexity index is 526. The number of hydrogen-bond acceptors (Lipinski definition) is 4. The van der Waals surface area contributed by atoms with Gasteiger partial charge in [0.15, 0.2) is 5.90 Å². The molecule has 0 bridgehead atoms. The molecule has 106 valence electrons. The Morgan fingerprint density at radius 3 is 2.60 bits per heavy atom. The van der Waals surface area contributed by atoms with Gasteiger partial charge in [-0.1, -0.05) is 12.1 Å². The number of ether oxygens (including phenoxy) is 2. The second-order valence-electron chi connectivity index (χ2n) is 5.64. The highest BCUT2D eigenvalue weighted by Crippen LogP contribution is 2.28. The van der Waals surface area contributed by atoms with Crippen LogP contribution in [-0.2, 0) is 4.74 Å². The minimum absolute atomic E-state index is 0.110. The molecule has 0 aromatic heterocycles. The SMILES string of the molecule is COc1ccc(C(CC#N)CC2=NC(C)(C)CO2)cc1. The number of benzene rings is 1. The summed E-state index contributed by atoms with van der Waals surface area (Å²) in [6.07, 6.45) is 1.12. The predicted molar refractivity (Wildman–Crippen MR) is 78.0 cm³/mol. The van der Waals surface area contributed by atoms with Crippen molar-refractivity contribution in [3.63, 3.8) is 0 Å². The Kier molecular flexibility index (Phi) is 4.29. The highest BCUT2D eigenvalue weighted by atomic mass is 16.5. The first kappa shape index (κ1) is 14.4. The van der Waals surface area contributed by atoms with Gasteiger partial charge >= 0.3 is 0 Å². The Hall–Kier alpha value is -2.02. The molecule has 4 nitrogen and oxygen atoms in total. The van der Waals surface area contributed by atoms with Gasteiger partial charge in [0.2, 0.25) is 0 Å². The van der Waals surface area contributed by atoms with E-state index in [9.17, 15) is 0 Å². The summed E-state index contributed by atoms with van der Waals surface area (Å²) in [6.45, 7) is 4.71. The van der Waals surface area contributed by atoms with Crippen molar-refractivity contribution in [3.8, 4) is 11.8 Å². The van der Waals surface area contributed by atoms with Crippen LogP contribution in [0, 0.1) is 11.3 Å². The normalized spacial score (nSPS) is 17.8. The van der Waals surface area contributed by atoms with Crippen LogP contribution in [0.2, 0.25) is 0 Å². The van der Waals surface area contributed by atoms with Crippen LogP contribution >= 0.6 is 0 Å². The average molecular weight is 272 g/mol. The van der Waals surface area contributed by atoms with Crippen molar-refractivity contribution in [1.82, 2.24) is 0 Å². The molecule has 1 unspecified atom stereocenters. The van der Waals surface area contributed by atoms with Crippen molar-refractivity contribution in [2.75, 3.05) is 13.7 Å². The second-order valence-corrected chi connectivity index (χ2v) is 5.64. The Balaban J connectivity index is 2.13. The van der Waals surface area contributed by atoms with Gasteiger partial charge < -0.3 is 9.47 Å². The van der Waals surface area contributed by atoms with E-state index in [1.165, 1.54) is 0 Å². The molecule has 0 saturated heterocycles. The van der Waals surface area contributed by atoms with Gasteiger partial charge in [0.05, 0.1) is 18.7 Å². The fraction of sp³-hybridized carbons (Fsp3) is 0.500. The third-order valence-electron chi connectivity index (χ3n) is 3.37. The molecule has 1 aromatic rings. The van der Waals surface area contributed by atoms with Crippen molar-refractivity contribution >= 4 is 5.90 Å². The smallest absolute Gasteiger partial charge is 0.184 e. The molecule has 0 amide bonds. The van der Waals surface area contributed by atoms with Gasteiger partial charge in [0.1, 0.15) is 12.4 Å². The van der Waals surface area contributed by atoms with E-state index in [-0.39, 0.29) is 11.5 Å². The monoisotopic (exact) mass is 272 g/mol. The van der Waals surface area contributed by atoms with Gasteiger partial charge in [-0.25, -0.2) is 4.99 Å². The first-order valence-corrected chi connectivity index (χ1v) is 6.76. The molecule has 0 saturated carbocycles. The molecule has 0 fully saturated rings. The molecular formula is C16H20N2O2. The lowest BCUT2D eigenvalue weighted by molar-refractivity contribution is 0.272. The zero-order valence-electron chi connectivity index (χ0n) is 12.2. The van der Waals surface area contributed by atoms with E-state index in [4.69, 9.17) is 14.7 Å². The van der Waals surface area contributed by atoms with E-state index in [1.807, 2.05) is 38.1 Å². The third kappa shape index (κ3) is 3.51. The minimum Gasteiger partial charge on any atom is -0.497 e. The third-order valence-corrected chi connectivity index (χ3v) is 3.37. The second kappa shape index (κ2) is 5.96. The molecule has 0 spiro atoms. The summed E-state index contributed by atoms with van der Waals surface area (Å²) in [4.78, 5) is 4.56. The summed E-state index contributed by atoms with van der Waals surface area (Å²) < 4.78 is 10.8. The van der Waals surface area contributed by atoms with Crippen LogP contribution in [0.5, 0.6) is 5.75 Å². The van der Waals surface area contributed by atoms with Gasteiger partial charge in [-0.2, -0.15) is 5.26 Å². The van der Waals surface area contributed by atoms with Crippen LogP contribution in [0.4, 0.5) is 0 Å². The van der Waals surface area contributed by atoms with Gasteiger partial charge in [0.25, 0.3) is 0 Å². The fourth-order valence-electron chi connectivity index (χ4n) is 2.27. The quantitative estimate of drug-likeness (QED) is 0.826. The van der Waals surface area contributed by atoms with Gasteiger partial charge in [-0.15, -0.1) is 0 Å². The van der Waals surface area contributed by atoms with Crippen molar-refractivity contribution in [2.24, 2.45) is 4.99 Å². The number of aliphatic imine (C=N–C) groups is 1. The maximum Gasteiger partial charge on any atom is 0.184 e. The van der Waals surface area contributed by atoms with Crippen molar-refractivity contribution < 1.29 is 9.47 Å². The van der Waals surface area contributed by atoms with E-state index < -0.39 is 0 Å². The highest BCUT2D eigenvalue weighted by Gasteiger charge is 2.28. The number of rotatable bonds is 5. The van der Waals surface area contributed by atoms with E-state index in [1.54, 1.807) is 7.11 Å². The van der Waals surface area contributed by atoms with Crippen molar-refractivity contribution in [1.29, 1.82) is 5.26 Å². The summed E-state index contributed by atoms with van der Waals surface area (Å²) in [5.41, 5.74) is 0.968. The number of nitrogens with zero attached hydrogens (tertiary/aromatic N) is 2. The predicted octanol–water partition coefficient (Wildman–Crippen LogP) is 3.29. The van der Waals surface area contributed by atoms with Gasteiger partial charge in [0, 0.05) is 18.8 Å². The standard InChI is InChI=1S/C16H20N2O2/c1-16(2)11-20-15(18-16)10-13(8-9-17)12-4-6-14(19-3)7-5-12/h4-7,13H,8,10-11H2,1-3H3. The zero-order chi connectivity index (χ0) is 14.6. The summed E-state index contributed by atoms with van der Waals surface area (Å²) in [5.74, 6) is 1.68. The lowest BCUT2D eigenvalue weighted by atomic mass is 9.93. The minimum atomic E-state index is -0.146.